The minimum absolute atomic E-state index is 1.37. The first-order valence-electron chi connectivity index (χ1n) is 11.3. The lowest BCUT2D eigenvalue weighted by Gasteiger charge is -2.38. The number of quaternary nitrogens is 2. The average Bonchev–Trinajstić information content (AvgIpc) is 2.58. The summed E-state index contributed by atoms with van der Waals surface area (Å²) in [6.45, 7) is 8.65. The van der Waals surface area contributed by atoms with Crippen LogP contribution in [0.1, 0.15) is 89.9 Å². The summed E-state index contributed by atoms with van der Waals surface area (Å²) >= 11 is 0. The normalized spacial score (nSPS) is 23.2. The van der Waals surface area contributed by atoms with Crippen LogP contribution in [0, 0.1) is 0 Å². The summed E-state index contributed by atoms with van der Waals surface area (Å²) in [5.41, 5.74) is 0. The topological polar surface area (TPSA) is 0 Å². The molecule has 0 N–H and O–H groups in total. The van der Waals surface area contributed by atoms with Gasteiger partial charge in [0.1, 0.15) is 0 Å². The van der Waals surface area contributed by atoms with Gasteiger partial charge in [0, 0.05) is 0 Å². The van der Waals surface area contributed by atoms with Crippen molar-refractivity contribution in [3.8, 4) is 0 Å². The highest BCUT2D eigenvalue weighted by Gasteiger charge is 2.24. The molecule has 0 aromatic carbocycles. The molecule has 0 saturated carbocycles. The molecule has 0 aromatic heterocycles. The Labute approximate surface area is 152 Å². The van der Waals surface area contributed by atoms with Gasteiger partial charge in [-0.3, -0.25) is 0 Å². The largest absolute Gasteiger partial charge is 0.326 e. The van der Waals surface area contributed by atoms with Crippen molar-refractivity contribution in [2.24, 2.45) is 0 Å². The summed E-state index contributed by atoms with van der Waals surface area (Å²) < 4.78 is 2.74. The zero-order valence-corrected chi connectivity index (χ0v) is 17.0. The summed E-state index contributed by atoms with van der Waals surface area (Å²) in [4.78, 5) is 0. The fourth-order valence-corrected chi connectivity index (χ4v) is 5.05. The lowest BCUT2D eigenvalue weighted by molar-refractivity contribution is -0.914. The Morgan fingerprint density at radius 3 is 1.04 bits per heavy atom. The van der Waals surface area contributed by atoms with Gasteiger partial charge in [-0.15, -0.1) is 0 Å². The molecule has 2 fully saturated rings. The number of hydrogen-bond acceptors (Lipinski definition) is 0. The lowest BCUT2D eigenvalue weighted by atomic mass is 10.0. The van der Waals surface area contributed by atoms with E-state index in [0.29, 0.717) is 0 Å². The van der Waals surface area contributed by atoms with Crippen LogP contribution in [-0.4, -0.2) is 62.3 Å². The molecule has 0 bridgehead atoms. The standard InChI is InChI=1S/C22H46N2/c1-23(19-13-9-14-20-23)17-11-7-5-3-4-6-8-12-18-24(2)21-15-10-16-22-24/h3-22H2,1-2H3/q+2. The third-order valence-corrected chi connectivity index (χ3v) is 6.94. The van der Waals surface area contributed by atoms with Gasteiger partial charge in [-0.05, 0) is 64.2 Å². The van der Waals surface area contributed by atoms with E-state index in [9.17, 15) is 0 Å². The van der Waals surface area contributed by atoms with E-state index in [2.05, 4.69) is 14.1 Å². The molecular formula is C22H46N2+2. The Kier molecular flexibility index (Phi) is 9.11. The molecule has 2 aliphatic rings. The van der Waals surface area contributed by atoms with Crippen molar-refractivity contribution in [3.05, 3.63) is 0 Å². The summed E-state index contributed by atoms with van der Waals surface area (Å²) in [5, 5.41) is 0. The van der Waals surface area contributed by atoms with Crippen LogP contribution in [0.4, 0.5) is 0 Å². The maximum absolute atomic E-state index is 2.49. The van der Waals surface area contributed by atoms with Gasteiger partial charge in [-0.1, -0.05) is 25.7 Å². The maximum Gasteiger partial charge on any atom is 0.0784 e. The van der Waals surface area contributed by atoms with E-state index >= 15 is 0 Å². The highest BCUT2D eigenvalue weighted by molar-refractivity contribution is 4.54. The third-order valence-electron chi connectivity index (χ3n) is 6.94. The molecule has 0 amide bonds. The second-order valence-electron chi connectivity index (χ2n) is 9.53. The molecular weight excluding hydrogens is 292 g/mol. The SMILES string of the molecule is C[N+]1(CCCCCCCCCC[N+]2(C)CCCCC2)CCCCC1. The van der Waals surface area contributed by atoms with Gasteiger partial charge in [0.2, 0.25) is 0 Å². The van der Waals surface area contributed by atoms with E-state index in [1.807, 2.05) is 0 Å². The highest BCUT2D eigenvalue weighted by atomic mass is 15.3. The van der Waals surface area contributed by atoms with Gasteiger partial charge in [-0.2, -0.15) is 0 Å². The van der Waals surface area contributed by atoms with E-state index in [-0.39, 0.29) is 0 Å². The summed E-state index contributed by atoms with van der Waals surface area (Å²) in [6, 6.07) is 0. The predicted molar refractivity (Wildman–Crippen MR) is 106 cm³/mol. The maximum atomic E-state index is 2.49. The zero-order valence-electron chi connectivity index (χ0n) is 17.0. The molecule has 2 rings (SSSR count). The minimum atomic E-state index is 1.37. The van der Waals surface area contributed by atoms with Crippen molar-refractivity contribution in [1.82, 2.24) is 0 Å². The number of likely N-dealkylation sites (tertiary alicyclic amines) is 2. The first-order valence-corrected chi connectivity index (χ1v) is 11.3. The molecule has 2 heterocycles. The van der Waals surface area contributed by atoms with Crippen LogP contribution in [0.5, 0.6) is 0 Å². The number of unbranched alkanes of at least 4 members (excludes halogenated alkanes) is 7. The highest BCUT2D eigenvalue weighted by Crippen LogP contribution is 2.19. The van der Waals surface area contributed by atoms with E-state index in [1.165, 1.54) is 138 Å². The molecule has 0 radical (unpaired) electrons. The van der Waals surface area contributed by atoms with Gasteiger partial charge >= 0.3 is 0 Å². The Morgan fingerprint density at radius 2 is 0.708 bits per heavy atom. The molecule has 2 aliphatic heterocycles. The predicted octanol–water partition coefficient (Wildman–Crippen LogP) is 5.37. The Morgan fingerprint density at radius 1 is 0.417 bits per heavy atom. The van der Waals surface area contributed by atoms with Crippen molar-refractivity contribution in [3.63, 3.8) is 0 Å². The molecule has 0 spiro atoms. The van der Waals surface area contributed by atoms with E-state index in [0.717, 1.165) is 0 Å². The van der Waals surface area contributed by atoms with Gasteiger partial charge in [0.15, 0.2) is 0 Å². The molecule has 2 heteroatoms. The van der Waals surface area contributed by atoms with Gasteiger partial charge in [0.05, 0.1) is 53.4 Å². The van der Waals surface area contributed by atoms with Crippen molar-refractivity contribution < 1.29 is 8.97 Å². The molecule has 2 nitrogen and oxygen atoms in total. The average molecular weight is 339 g/mol. The van der Waals surface area contributed by atoms with Crippen molar-refractivity contribution in [1.29, 1.82) is 0 Å². The van der Waals surface area contributed by atoms with E-state index in [4.69, 9.17) is 0 Å². The third kappa shape index (κ3) is 7.87. The molecule has 0 aromatic rings. The van der Waals surface area contributed by atoms with Gasteiger partial charge in [0.25, 0.3) is 0 Å². The lowest BCUT2D eigenvalue weighted by Crippen LogP contribution is -2.48. The van der Waals surface area contributed by atoms with Gasteiger partial charge < -0.3 is 8.97 Å². The Bertz CT molecular complexity index is 282. The number of rotatable bonds is 11. The molecule has 24 heavy (non-hydrogen) atoms. The summed E-state index contributed by atoms with van der Waals surface area (Å²) in [7, 11) is 4.98. The van der Waals surface area contributed by atoms with E-state index in [1.54, 1.807) is 0 Å². The van der Waals surface area contributed by atoms with Crippen LogP contribution in [0.2, 0.25) is 0 Å². The van der Waals surface area contributed by atoms with Crippen LogP contribution in [0.15, 0.2) is 0 Å². The van der Waals surface area contributed by atoms with Crippen molar-refractivity contribution in [2.75, 3.05) is 53.4 Å². The number of hydrogen-bond donors (Lipinski definition) is 0. The first-order chi connectivity index (χ1) is 11.6. The van der Waals surface area contributed by atoms with Crippen LogP contribution < -0.4 is 0 Å². The monoisotopic (exact) mass is 338 g/mol. The molecule has 0 aliphatic carbocycles. The van der Waals surface area contributed by atoms with Gasteiger partial charge in [-0.25, -0.2) is 0 Å². The smallest absolute Gasteiger partial charge is 0.0784 e. The van der Waals surface area contributed by atoms with Crippen LogP contribution in [0.25, 0.3) is 0 Å². The molecule has 142 valence electrons. The first kappa shape index (κ1) is 20.2. The van der Waals surface area contributed by atoms with Crippen molar-refractivity contribution >= 4 is 0 Å². The minimum Gasteiger partial charge on any atom is -0.326 e. The van der Waals surface area contributed by atoms with Crippen molar-refractivity contribution in [2.45, 2.75) is 89.9 Å². The second-order valence-corrected chi connectivity index (χ2v) is 9.53. The Balaban J connectivity index is 1.36. The number of piperidine rings is 2. The fourth-order valence-electron chi connectivity index (χ4n) is 5.05. The molecule has 2 saturated heterocycles. The number of nitrogens with zero attached hydrogens (tertiary/aromatic N) is 2. The second kappa shape index (κ2) is 10.8. The van der Waals surface area contributed by atoms with Crippen LogP contribution >= 0.6 is 0 Å². The fraction of sp³-hybridized carbons (Fsp3) is 1.00. The van der Waals surface area contributed by atoms with E-state index < -0.39 is 0 Å². The van der Waals surface area contributed by atoms with Crippen LogP contribution in [0.3, 0.4) is 0 Å². The molecule has 0 unspecified atom stereocenters. The molecule has 0 atom stereocenters. The summed E-state index contributed by atoms with van der Waals surface area (Å²) in [5.74, 6) is 0. The quantitative estimate of drug-likeness (QED) is 0.351. The Hall–Kier alpha value is -0.0800. The zero-order chi connectivity index (χ0) is 17.1. The summed E-state index contributed by atoms with van der Waals surface area (Å²) in [6.07, 6.45) is 20.6. The van der Waals surface area contributed by atoms with Crippen LogP contribution in [-0.2, 0) is 0 Å².